The molecule has 0 heterocycles. The van der Waals surface area contributed by atoms with Crippen molar-refractivity contribution in [2.75, 3.05) is 32.2 Å². The van der Waals surface area contributed by atoms with Gasteiger partial charge in [0.05, 0.1) is 17.9 Å². The Morgan fingerprint density at radius 1 is 1.11 bits per heavy atom. The van der Waals surface area contributed by atoms with Crippen LogP contribution in [0.1, 0.15) is 26.2 Å². The summed E-state index contributed by atoms with van der Waals surface area (Å²) in [5.41, 5.74) is 0.513. The molecule has 0 bridgehead atoms. The number of esters is 1. The van der Waals surface area contributed by atoms with Crippen molar-refractivity contribution < 1.29 is 27.5 Å². The second kappa shape index (κ2) is 12.4. The highest BCUT2D eigenvalue weighted by molar-refractivity contribution is 7.89. The lowest BCUT2D eigenvalue weighted by atomic mass is 10.3. The van der Waals surface area contributed by atoms with Crippen molar-refractivity contribution in [1.82, 2.24) is 10.0 Å². The molecule has 0 aromatic heterocycles. The number of methoxy groups -OCH3 is 1. The third kappa shape index (κ3) is 9.22. The molecule has 0 fully saturated rings. The quantitative estimate of drug-likeness (QED) is 0.271. The number of thiocarbonyl (C=S) groups is 1. The lowest BCUT2D eigenvalue weighted by Gasteiger charge is -2.11. The highest BCUT2D eigenvalue weighted by atomic mass is 32.2. The maximum absolute atomic E-state index is 12.0. The Labute approximate surface area is 170 Å². The lowest BCUT2D eigenvalue weighted by molar-refractivity contribution is -0.146. The van der Waals surface area contributed by atoms with Gasteiger partial charge in [-0.1, -0.05) is 6.92 Å². The standard InChI is InChI=1S/C17H25N3O6S2/c1-3-10-18-28(23,24)14-6-4-13(5-7-14)19-17(27)20-15(21)8-9-16(22)26-12-11-25-2/h4-7,18H,3,8-12H2,1-2H3,(H2,19,20,21,27). The third-order valence-electron chi connectivity index (χ3n) is 3.32. The summed E-state index contributed by atoms with van der Waals surface area (Å²) < 4.78 is 36.1. The number of carbonyl (C=O) groups is 2. The minimum Gasteiger partial charge on any atom is -0.463 e. The summed E-state index contributed by atoms with van der Waals surface area (Å²) in [6.07, 6.45) is 0.543. The molecule has 0 atom stereocenters. The zero-order valence-electron chi connectivity index (χ0n) is 15.8. The second-order valence-electron chi connectivity index (χ2n) is 5.64. The highest BCUT2D eigenvalue weighted by Crippen LogP contribution is 2.14. The minimum absolute atomic E-state index is 0.0393. The number of benzene rings is 1. The molecule has 11 heteroatoms. The van der Waals surface area contributed by atoms with Crippen LogP contribution in [0.2, 0.25) is 0 Å². The number of hydrogen-bond acceptors (Lipinski definition) is 7. The number of hydrogen-bond donors (Lipinski definition) is 3. The van der Waals surface area contributed by atoms with E-state index in [0.29, 0.717) is 25.3 Å². The van der Waals surface area contributed by atoms with E-state index in [0.717, 1.165) is 0 Å². The molecular weight excluding hydrogens is 406 g/mol. The van der Waals surface area contributed by atoms with Gasteiger partial charge in [-0.3, -0.25) is 9.59 Å². The molecule has 156 valence electrons. The number of rotatable bonds is 11. The molecule has 0 unspecified atom stereocenters. The largest absolute Gasteiger partial charge is 0.463 e. The Morgan fingerprint density at radius 2 is 1.79 bits per heavy atom. The first-order valence-electron chi connectivity index (χ1n) is 8.63. The predicted molar refractivity (Wildman–Crippen MR) is 108 cm³/mol. The molecule has 1 aromatic rings. The van der Waals surface area contributed by atoms with E-state index in [-0.39, 0.29) is 29.5 Å². The summed E-state index contributed by atoms with van der Waals surface area (Å²) in [5, 5.41) is 5.26. The van der Waals surface area contributed by atoms with Crippen molar-refractivity contribution in [2.24, 2.45) is 0 Å². The third-order valence-corrected chi connectivity index (χ3v) is 5.01. The van der Waals surface area contributed by atoms with Crippen molar-refractivity contribution in [3.05, 3.63) is 24.3 Å². The Hall–Kier alpha value is -2.08. The van der Waals surface area contributed by atoms with Crippen molar-refractivity contribution in [3.63, 3.8) is 0 Å². The molecule has 0 spiro atoms. The summed E-state index contributed by atoms with van der Waals surface area (Å²) in [6, 6.07) is 5.93. The van der Waals surface area contributed by atoms with Crippen molar-refractivity contribution in [3.8, 4) is 0 Å². The van der Waals surface area contributed by atoms with Gasteiger partial charge in [0.1, 0.15) is 6.61 Å². The maximum Gasteiger partial charge on any atom is 0.306 e. The molecule has 1 aromatic carbocycles. The molecular formula is C17H25N3O6S2. The van der Waals surface area contributed by atoms with Gasteiger partial charge in [-0.05, 0) is 42.9 Å². The van der Waals surface area contributed by atoms with Gasteiger partial charge in [0.25, 0.3) is 0 Å². The van der Waals surface area contributed by atoms with Crippen LogP contribution in [-0.4, -0.2) is 52.3 Å². The van der Waals surface area contributed by atoms with Gasteiger partial charge < -0.3 is 20.1 Å². The fourth-order valence-corrected chi connectivity index (χ4v) is 3.28. The van der Waals surface area contributed by atoms with E-state index in [9.17, 15) is 18.0 Å². The lowest BCUT2D eigenvalue weighted by Crippen LogP contribution is -2.34. The summed E-state index contributed by atoms with van der Waals surface area (Å²) in [6.45, 7) is 2.66. The van der Waals surface area contributed by atoms with E-state index in [1.807, 2.05) is 6.92 Å². The Bertz CT molecular complexity index is 766. The van der Waals surface area contributed by atoms with Gasteiger partial charge in [0, 0.05) is 25.8 Å². The van der Waals surface area contributed by atoms with E-state index in [1.165, 1.54) is 31.4 Å². The minimum atomic E-state index is -3.54. The Morgan fingerprint density at radius 3 is 2.39 bits per heavy atom. The molecule has 0 aliphatic rings. The molecule has 0 saturated heterocycles. The first kappa shape index (κ1) is 24.0. The predicted octanol–water partition coefficient (Wildman–Crippen LogP) is 1.16. The van der Waals surface area contributed by atoms with Crippen molar-refractivity contribution >= 4 is 44.9 Å². The summed E-state index contributed by atoms with van der Waals surface area (Å²) in [7, 11) is -2.05. The molecule has 9 nitrogen and oxygen atoms in total. The first-order chi connectivity index (χ1) is 13.3. The molecule has 1 rings (SSSR count). The number of sulfonamides is 1. The molecule has 28 heavy (non-hydrogen) atoms. The zero-order chi connectivity index (χ0) is 21.0. The number of carbonyl (C=O) groups excluding carboxylic acids is 2. The van der Waals surface area contributed by atoms with Gasteiger partial charge in [-0.2, -0.15) is 0 Å². The van der Waals surface area contributed by atoms with Crippen LogP contribution in [0, 0.1) is 0 Å². The molecule has 0 radical (unpaired) electrons. The van der Waals surface area contributed by atoms with Gasteiger partial charge in [-0.15, -0.1) is 0 Å². The molecule has 1 amide bonds. The van der Waals surface area contributed by atoms with Crippen LogP contribution >= 0.6 is 12.2 Å². The van der Waals surface area contributed by atoms with Crippen LogP contribution in [-0.2, 0) is 29.1 Å². The average molecular weight is 432 g/mol. The monoisotopic (exact) mass is 431 g/mol. The van der Waals surface area contributed by atoms with Gasteiger partial charge >= 0.3 is 5.97 Å². The van der Waals surface area contributed by atoms with E-state index >= 15 is 0 Å². The SMILES string of the molecule is CCCNS(=O)(=O)c1ccc(NC(=S)NC(=O)CCC(=O)OCCOC)cc1. The Balaban J connectivity index is 2.44. The number of ether oxygens (including phenoxy) is 2. The number of amides is 1. The summed E-state index contributed by atoms with van der Waals surface area (Å²) in [4.78, 5) is 23.4. The average Bonchev–Trinajstić information content (AvgIpc) is 2.65. The van der Waals surface area contributed by atoms with E-state index < -0.39 is 21.9 Å². The normalized spacial score (nSPS) is 10.9. The molecule has 3 N–H and O–H groups in total. The van der Waals surface area contributed by atoms with Gasteiger partial charge in [-0.25, -0.2) is 13.1 Å². The second-order valence-corrected chi connectivity index (χ2v) is 7.81. The fraction of sp³-hybridized carbons (Fsp3) is 0.471. The van der Waals surface area contributed by atoms with Gasteiger partial charge in [0.2, 0.25) is 15.9 Å². The smallest absolute Gasteiger partial charge is 0.306 e. The number of nitrogens with one attached hydrogen (secondary N) is 3. The van der Waals surface area contributed by atoms with Crippen LogP contribution < -0.4 is 15.4 Å². The van der Waals surface area contributed by atoms with E-state index in [1.54, 1.807) is 0 Å². The van der Waals surface area contributed by atoms with Crippen LogP contribution in [0.25, 0.3) is 0 Å². The van der Waals surface area contributed by atoms with Crippen LogP contribution in [0.3, 0.4) is 0 Å². The van der Waals surface area contributed by atoms with Crippen LogP contribution in [0.15, 0.2) is 29.2 Å². The topological polar surface area (TPSA) is 123 Å². The van der Waals surface area contributed by atoms with Gasteiger partial charge in [0.15, 0.2) is 5.11 Å². The Kier molecular flexibility index (Phi) is 10.6. The maximum atomic E-state index is 12.0. The molecule has 0 aliphatic heterocycles. The van der Waals surface area contributed by atoms with Crippen LogP contribution in [0.5, 0.6) is 0 Å². The zero-order valence-corrected chi connectivity index (χ0v) is 17.5. The van der Waals surface area contributed by atoms with Crippen LogP contribution in [0.4, 0.5) is 5.69 Å². The van der Waals surface area contributed by atoms with Crippen molar-refractivity contribution in [1.29, 1.82) is 0 Å². The van der Waals surface area contributed by atoms with Crippen molar-refractivity contribution in [2.45, 2.75) is 31.1 Å². The fourth-order valence-electron chi connectivity index (χ4n) is 1.92. The molecule has 0 aliphatic carbocycles. The first-order valence-corrected chi connectivity index (χ1v) is 10.5. The summed E-state index contributed by atoms with van der Waals surface area (Å²) in [5.74, 6) is -0.941. The summed E-state index contributed by atoms with van der Waals surface area (Å²) >= 11 is 5.04. The highest BCUT2D eigenvalue weighted by Gasteiger charge is 2.13. The number of anilines is 1. The van der Waals surface area contributed by atoms with E-state index in [4.69, 9.17) is 21.7 Å². The molecule has 0 saturated carbocycles. The van der Waals surface area contributed by atoms with E-state index in [2.05, 4.69) is 15.4 Å².